The molecule has 0 unspecified atom stereocenters. The highest BCUT2D eigenvalue weighted by molar-refractivity contribution is 5.60. The Balaban J connectivity index is 2.37. The van der Waals surface area contributed by atoms with Gasteiger partial charge in [-0.15, -0.1) is 0 Å². The third kappa shape index (κ3) is 1.12. The van der Waals surface area contributed by atoms with Crippen LogP contribution in [0.1, 0.15) is 0 Å². The summed E-state index contributed by atoms with van der Waals surface area (Å²) in [7, 11) is 0. The zero-order chi connectivity index (χ0) is 8.39. The third-order valence-corrected chi connectivity index (χ3v) is 1.94. The molecule has 0 fully saturated rings. The smallest absolute Gasteiger partial charge is 0.142 e. The topological polar surface area (TPSA) is 38.5 Å². The van der Waals surface area contributed by atoms with Crippen LogP contribution in [-0.4, -0.2) is 13.2 Å². The second-order valence-corrected chi connectivity index (χ2v) is 2.66. The first kappa shape index (κ1) is 7.43. The average molecular weight is 163 g/mol. The molecule has 0 aromatic heterocycles. The lowest BCUT2D eigenvalue weighted by molar-refractivity contribution is 0.311. The molecule has 0 saturated heterocycles. The van der Waals surface area contributed by atoms with E-state index >= 15 is 0 Å². The van der Waals surface area contributed by atoms with Crippen LogP contribution in [0.3, 0.4) is 0 Å². The second-order valence-electron chi connectivity index (χ2n) is 2.66. The number of nitrogens with two attached hydrogens (primary N) is 1. The van der Waals surface area contributed by atoms with Crippen molar-refractivity contribution in [3.63, 3.8) is 0 Å². The Morgan fingerprint density at radius 3 is 3.08 bits per heavy atom. The van der Waals surface area contributed by atoms with E-state index in [0.717, 1.165) is 18.0 Å². The number of nitrogens with zero attached hydrogens (tertiary/aromatic N) is 1. The van der Waals surface area contributed by atoms with Crippen molar-refractivity contribution in [3.05, 3.63) is 30.9 Å². The third-order valence-electron chi connectivity index (χ3n) is 1.94. The molecule has 0 saturated carbocycles. The number of fused-ring (bicyclic) bond motifs is 1. The SMILES string of the molecule is N[CH]N1CCOc2ccccc21. The molecule has 2 rings (SSSR count). The fourth-order valence-electron chi connectivity index (χ4n) is 1.35. The van der Waals surface area contributed by atoms with Gasteiger partial charge in [0.25, 0.3) is 0 Å². The summed E-state index contributed by atoms with van der Waals surface area (Å²) in [5, 5.41) is 0. The maximum atomic E-state index is 5.46. The van der Waals surface area contributed by atoms with Gasteiger partial charge in [-0.05, 0) is 12.1 Å². The van der Waals surface area contributed by atoms with Gasteiger partial charge in [-0.3, -0.25) is 0 Å². The van der Waals surface area contributed by atoms with E-state index in [0.29, 0.717) is 6.61 Å². The Bertz CT molecular complexity index is 275. The van der Waals surface area contributed by atoms with Crippen molar-refractivity contribution >= 4 is 5.69 Å². The Morgan fingerprint density at radius 1 is 1.42 bits per heavy atom. The quantitative estimate of drug-likeness (QED) is 0.670. The van der Waals surface area contributed by atoms with Crippen LogP contribution in [0.4, 0.5) is 5.69 Å². The van der Waals surface area contributed by atoms with Gasteiger partial charge in [-0.2, -0.15) is 0 Å². The van der Waals surface area contributed by atoms with Crippen molar-refractivity contribution in [1.29, 1.82) is 0 Å². The van der Waals surface area contributed by atoms with Crippen LogP contribution in [0, 0.1) is 6.67 Å². The van der Waals surface area contributed by atoms with Crippen LogP contribution < -0.4 is 15.4 Å². The first-order valence-corrected chi connectivity index (χ1v) is 3.95. The normalized spacial score (nSPS) is 15.2. The Hall–Kier alpha value is -1.22. The summed E-state index contributed by atoms with van der Waals surface area (Å²) in [5.41, 5.74) is 6.51. The molecule has 1 aromatic rings. The van der Waals surface area contributed by atoms with Crippen LogP contribution >= 0.6 is 0 Å². The van der Waals surface area contributed by atoms with Crippen molar-refractivity contribution in [3.8, 4) is 5.75 Å². The van der Waals surface area contributed by atoms with Crippen LogP contribution in [0.5, 0.6) is 5.75 Å². The van der Waals surface area contributed by atoms with Gasteiger partial charge in [-0.25, -0.2) is 0 Å². The van der Waals surface area contributed by atoms with Gasteiger partial charge in [0.1, 0.15) is 19.0 Å². The summed E-state index contributed by atoms with van der Waals surface area (Å²) in [6.07, 6.45) is 0. The van der Waals surface area contributed by atoms with E-state index in [1.165, 1.54) is 0 Å². The number of anilines is 1. The summed E-state index contributed by atoms with van der Waals surface area (Å²) >= 11 is 0. The minimum atomic E-state index is 0.699. The molecule has 0 amide bonds. The molecule has 1 aromatic carbocycles. The van der Waals surface area contributed by atoms with Crippen molar-refractivity contribution in [2.75, 3.05) is 18.1 Å². The summed E-state index contributed by atoms with van der Waals surface area (Å²) < 4.78 is 5.44. The molecule has 1 radical (unpaired) electrons. The van der Waals surface area contributed by atoms with Gasteiger partial charge < -0.3 is 15.4 Å². The highest BCUT2D eigenvalue weighted by Gasteiger charge is 2.15. The number of benzene rings is 1. The standard InChI is InChI=1S/C9H11N2O/c10-7-11-5-6-12-9-4-2-1-3-8(9)11/h1-4,7H,5-6,10H2. The van der Waals surface area contributed by atoms with E-state index in [4.69, 9.17) is 10.5 Å². The van der Waals surface area contributed by atoms with Crippen molar-refractivity contribution < 1.29 is 4.74 Å². The summed E-state index contributed by atoms with van der Waals surface area (Å²) in [6, 6.07) is 7.88. The predicted octanol–water partition coefficient (Wildman–Crippen LogP) is 0.963. The Kier molecular flexibility index (Phi) is 1.87. The van der Waals surface area contributed by atoms with Crippen LogP contribution in [0.15, 0.2) is 24.3 Å². The van der Waals surface area contributed by atoms with Crippen LogP contribution in [-0.2, 0) is 0 Å². The molecular formula is C9H11N2O. The van der Waals surface area contributed by atoms with Gasteiger partial charge in [-0.1, -0.05) is 12.1 Å². The molecule has 2 N–H and O–H groups in total. The van der Waals surface area contributed by atoms with Gasteiger partial charge in [0.05, 0.1) is 12.2 Å². The number of para-hydroxylation sites is 2. The van der Waals surface area contributed by atoms with Gasteiger partial charge >= 0.3 is 0 Å². The monoisotopic (exact) mass is 163 g/mol. The number of rotatable bonds is 1. The molecule has 3 heteroatoms. The Morgan fingerprint density at radius 2 is 2.25 bits per heavy atom. The first-order chi connectivity index (χ1) is 5.92. The molecule has 1 heterocycles. The fourth-order valence-corrected chi connectivity index (χ4v) is 1.35. The van der Waals surface area contributed by atoms with Gasteiger partial charge in [0.15, 0.2) is 0 Å². The lowest BCUT2D eigenvalue weighted by atomic mass is 10.2. The summed E-state index contributed by atoms with van der Waals surface area (Å²) in [5.74, 6) is 0.908. The minimum absolute atomic E-state index is 0.699. The maximum Gasteiger partial charge on any atom is 0.142 e. The lowest BCUT2D eigenvalue weighted by Crippen LogP contribution is -2.33. The zero-order valence-electron chi connectivity index (χ0n) is 6.73. The fraction of sp³-hybridized carbons (Fsp3) is 0.222. The van der Waals surface area contributed by atoms with Crippen molar-refractivity contribution in [2.24, 2.45) is 5.73 Å². The zero-order valence-corrected chi connectivity index (χ0v) is 6.73. The molecule has 0 atom stereocenters. The van der Waals surface area contributed by atoms with E-state index in [1.54, 1.807) is 6.67 Å². The van der Waals surface area contributed by atoms with Gasteiger partial charge in [0, 0.05) is 0 Å². The van der Waals surface area contributed by atoms with E-state index in [9.17, 15) is 0 Å². The van der Waals surface area contributed by atoms with Crippen LogP contribution in [0.2, 0.25) is 0 Å². The van der Waals surface area contributed by atoms with Crippen molar-refractivity contribution in [2.45, 2.75) is 0 Å². The molecule has 1 aliphatic heterocycles. The molecule has 63 valence electrons. The number of hydrogen-bond donors (Lipinski definition) is 1. The molecule has 12 heavy (non-hydrogen) atoms. The van der Waals surface area contributed by atoms with E-state index in [2.05, 4.69) is 0 Å². The van der Waals surface area contributed by atoms with E-state index in [1.807, 2.05) is 29.2 Å². The number of ether oxygens (including phenoxy) is 1. The first-order valence-electron chi connectivity index (χ1n) is 3.95. The highest BCUT2D eigenvalue weighted by atomic mass is 16.5. The van der Waals surface area contributed by atoms with Gasteiger partial charge in [0.2, 0.25) is 0 Å². The summed E-state index contributed by atoms with van der Waals surface area (Å²) in [4.78, 5) is 1.98. The molecule has 0 bridgehead atoms. The summed E-state index contributed by atoms with van der Waals surface area (Å²) in [6.45, 7) is 3.11. The molecule has 3 nitrogen and oxygen atoms in total. The van der Waals surface area contributed by atoms with E-state index in [-0.39, 0.29) is 0 Å². The molecule has 0 aliphatic carbocycles. The minimum Gasteiger partial charge on any atom is -0.490 e. The molecule has 1 aliphatic rings. The second kappa shape index (κ2) is 3.03. The maximum absolute atomic E-state index is 5.46. The van der Waals surface area contributed by atoms with Crippen LogP contribution in [0.25, 0.3) is 0 Å². The molecule has 0 spiro atoms. The average Bonchev–Trinajstić information content (AvgIpc) is 2.17. The number of hydrogen-bond acceptors (Lipinski definition) is 3. The Labute approximate surface area is 71.7 Å². The highest BCUT2D eigenvalue weighted by Crippen LogP contribution is 2.30. The molecular weight excluding hydrogens is 152 g/mol. The van der Waals surface area contributed by atoms with Crippen molar-refractivity contribution in [1.82, 2.24) is 0 Å². The predicted molar refractivity (Wildman–Crippen MR) is 47.8 cm³/mol. The largest absolute Gasteiger partial charge is 0.490 e. The van der Waals surface area contributed by atoms with E-state index < -0.39 is 0 Å². The lowest BCUT2D eigenvalue weighted by Gasteiger charge is -2.29.